The first kappa shape index (κ1) is 12.5. The SMILES string of the molecule is COC1CCN(CCC(C)(C)C(=N)N)C1. The Morgan fingerprint density at radius 2 is 2.27 bits per heavy atom. The van der Waals surface area contributed by atoms with Crippen molar-refractivity contribution in [3.63, 3.8) is 0 Å². The number of rotatable bonds is 5. The van der Waals surface area contributed by atoms with Crippen LogP contribution in [-0.2, 0) is 4.74 Å². The predicted molar refractivity (Wildman–Crippen MR) is 62.2 cm³/mol. The first-order valence-corrected chi connectivity index (χ1v) is 5.55. The third kappa shape index (κ3) is 3.47. The van der Waals surface area contributed by atoms with Gasteiger partial charge >= 0.3 is 0 Å². The third-order valence-electron chi connectivity index (χ3n) is 3.34. The van der Waals surface area contributed by atoms with Crippen LogP contribution >= 0.6 is 0 Å². The molecule has 0 aliphatic carbocycles. The molecule has 1 fully saturated rings. The summed E-state index contributed by atoms with van der Waals surface area (Å²) in [6.45, 7) is 7.18. The van der Waals surface area contributed by atoms with Crippen molar-refractivity contribution in [2.45, 2.75) is 32.8 Å². The van der Waals surface area contributed by atoms with Crippen molar-refractivity contribution in [2.75, 3.05) is 26.7 Å². The van der Waals surface area contributed by atoms with E-state index in [1.807, 2.05) is 13.8 Å². The lowest BCUT2D eigenvalue weighted by Crippen LogP contribution is -2.35. The molecule has 1 unspecified atom stereocenters. The van der Waals surface area contributed by atoms with Crippen LogP contribution in [0.4, 0.5) is 0 Å². The summed E-state index contributed by atoms with van der Waals surface area (Å²) in [5.74, 6) is 0.282. The van der Waals surface area contributed by atoms with Gasteiger partial charge in [-0.2, -0.15) is 0 Å². The maximum absolute atomic E-state index is 7.48. The van der Waals surface area contributed by atoms with Gasteiger partial charge in [0.05, 0.1) is 11.9 Å². The number of hydrogen-bond acceptors (Lipinski definition) is 3. The minimum absolute atomic E-state index is 0.175. The molecule has 15 heavy (non-hydrogen) atoms. The molecule has 0 saturated carbocycles. The van der Waals surface area contributed by atoms with Crippen LogP contribution in [0.5, 0.6) is 0 Å². The zero-order valence-electron chi connectivity index (χ0n) is 10.0. The lowest BCUT2D eigenvalue weighted by Gasteiger charge is -2.26. The summed E-state index contributed by atoms with van der Waals surface area (Å²) in [6, 6.07) is 0. The van der Waals surface area contributed by atoms with E-state index in [2.05, 4.69) is 4.90 Å². The second-order valence-corrected chi connectivity index (χ2v) is 4.99. The Morgan fingerprint density at radius 3 is 2.73 bits per heavy atom. The molecule has 1 aliphatic rings. The van der Waals surface area contributed by atoms with E-state index in [0.29, 0.717) is 6.10 Å². The number of methoxy groups -OCH3 is 1. The van der Waals surface area contributed by atoms with Crippen LogP contribution in [0.2, 0.25) is 0 Å². The molecule has 0 aromatic rings. The Morgan fingerprint density at radius 1 is 1.60 bits per heavy atom. The first-order valence-electron chi connectivity index (χ1n) is 5.55. The topological polar surface area (TPSA) is 62.3 Å². The van der Waals surface area contributed by atoms with Gasteiger partial charge in [0.2, 0.25) is 0 Å². The highest BCUT2D eigenvalue weighted by Crippen LogP contribution is 2.22. The number of nitrogens with zero attached hydrogens (tertiary/aromatic N) is 1. The Hall–Kier alpha value is -0.610. The Balaban J connectivity index is 2.29. The monoisotopic (exact) mass is 213 g/mol. The molecule has 0 aromatic heterocycles. The molecule has 0 spiro atoms. The number of nitrogens with one attached hydrogen (secondary N) is 1. The van der Waals surface area contributed by atoms with Gasteiger partial charge in [0.25, 0.3) is 0 Å². The minimum Gasteiger partial charge on any atom is -0.387 e. The van der Waals surface area contributed by atoms with Crippen molar-refractivity contribution in [3.8, 4) is 0 Å². The van der Waals surface area contributed by atoms with Crippen molar-refractivity contribution in [3.05, 3.63) is 0 Å². The second kappa shape index (κ2) is 4.94. The molecule has 0 amide bonds. The van der Waals surface area contributed by atoms with Gasteiger partial charge in [-0.3, -0.25) is 5.41 Å². The summed E-state index contributed by atoms with van der Waals surface area (Å²) in [5.41, 5.74) is 5.37. The lowest BCUT2D eigenvalue weighted by atomic mass is 9.88. The van der Waals surface area contributed by atoms with E-state index in [1.54, 1.807) is 7.11 Å². The highest BCUT2D eigenvalue weighted by atomic mass is 16.5. The standard InChI is InChI=1S/C11H23N3O/c1-11(2,10(12)13)5-7-14-6-4-9(8-14)15-3/h9H,4-8H2,1-3H3,(H3,12,13). The van der Waals surface area contributed by atoms with Gasteiger partial charge in [-0.25, -0.2) is 0 Å². The van der Waals surface area contributed by atoms with E-state index in [4.69, 9.17) is 15.9 Å². The molecule has 0 radical (unpaired) electrons. The molecular formula is C11H23N3O. The van der Waals surface area contributed by atoms with Gasteiger partial charge < -0.3 is 15.4 Å². The minimum atomic E-state index is -0.175. The van der Waals surface area contributed by atoms with Gasteiger partial charge in [0.1, 0.15) is 0 Å². The smallest absolute Gasteiger partial charge is 0.0963 e. The molecule has 88 valence electrons. The summed E-state index contributed by atoms with van der Waals surface area (Å²) < 4.78 is 5.31. The molecule has 1 aliphatic heterocycles. The molecule has 3 N–H and O–H groups in total. The van der Waals surface area contributed by atoms with Gasteiger partial charge in [-0.15, -0.1) is 0 Å². The Labute approximate surface area is 92.3 Å². The molecular weight excluding hydrogens is 190 g/mol. The van der Waals surface area contributed by atoms with E-state index in [9.17, 15) is 0 Å². The van der Waals surface area contributed by atoms with E-state index in [0.717, 1.165) is 32.5 Å². The van der Waals surface area contributed by atoms with Crippen LogP contribution in [0.25, 0.3) is 0 Å². The van der Waals surface area contributed by atoms with Crippen LogP contribution < -0.4 is 5.73 Å². The average molecular weight is 213 g/mol. The van der Waals surface area contributed by atoms with E-state index >= 15 is 0 Å². The molecule has 1 atom stereocenters. The third-order valence-corrected chi connectivity index (χ3v) is 3.34. The zero-order valence-corrected chi connectivity index (χ0v) is 10.0. The number of hydrogen-bond donors (Lipinski definition) is 2. The van der Waals surface area contributed by atoms with Crippen LogP contribution in [0.3, 0.4) is 0 Å². The number of amidine groups is 1. The van der Waals surface area contributed by atoms with E-state index in [1.165, 1.54) is 0 Å². The van der Waals surface area contributed by atoms with Crippen molar-refractivity contribution in [2.24, 2.45) is 11.1 Å². The van der Waals surface area contributed by atoms with Crippen LogP contribution in [-0.4, -0.2) is 43.6 Å². The fraction of sp³-hybridized carbons (Fsp3) is 0.909. The normalized spacial score (nSPS) is 23.3. The van der Waals surface area contributed by atoms with Crippen molar-refractivity contribution in [1.82, 2.24) is 4.90 Å². The zero-order chi connectivity index (χ0) is 11.5. The van der Waals surface area contributed by atoms with Crippen LogP contribution in [0.1, 0.15) is 26.7 Å². The molecule has 1 rings (SSSR count). The summed E-state index contributed by atoms with van der Waals surface area (Å²) >= 11 is 0. The second-order valence-electron chi connectivity index (χ2n) is 4.99. The summed E-state index contributed by atoms with van der Waals surface area (Å²) in [7, 11) is 1.77. The fourth-order valence-corrected chi connectivity index (χ4v) is 1.76. The number of nitrogens with two attached hydrogens (primary N) is 1. The quantitative estimate of drug-likeness (QED) is 0.530. The summed E-state index contributed by atoms with van der Waals surface area (Å²) in [6.07, 6.45) is 2.46. The summed E-state index contributed by atoms with van der Waals surface area (Å²) in [4.78, 5) is 2.39. The number of likely N-dealkylation sites (tertiary alicyclic amines) is 1. The maximum Gasteiger partial charge on any atom is 0.0963 e. The maximum atomic E-state index is 7.48. The lowest BCUT2D eigenvalue weighted by molar-refractivity contribution is 0.107. The van der Waals surface area contributed by atoms with E-state index < -0.39 is 0 Å². The van der Waals surface area contributed by atoms with Gasteiger partial charge in [0.15, 0.2) is 0 Å². The highest BCUT2D eigenvalue weighted by molar-refractivity contribution is 5.82. The van der Waals surface area contributed by atoms with Crippen LogP contribution in [0, 0.1) is 10.8 Å². The molecule has 0 bridgehead atoms. The summed E-state index contributed by atoms with van der Waals surface area (Å²) in [5, 5.41) is 7.48. The fourth-order valence-electron chi connectivity index (χ4n) is 1.76. The molecule has 1 heterocycles. The Bertz CT molecular complexity index is 228. The van der Waals surface area contributed by atoms with Crippen molar-refractivity contribution >= 4 is 5.84 Å². The van der Waals surface area contributed by atoms with Gasteiger partial charge in [0, 0.05) is 25.6 Å². The van der Waals surface area contributed by atoms with Gasteiger partial charge in [-0.1, -0.05) is 13.8 Å². The average Bonchev–Trinajstić information content (AvgIpc) is 2.62. The molecule has 4 heteroatoms. The van der Waals surface area contributed by atoms with Crippen molar-refractivity contribution < 1.29 is 4.74 Å². The largest absolute Gasteiger partial charge is 0.387 e. The Kier molecular flexibility index (Phi) is 4.11. The first-order chi connectivity index (χ1) is 6.95. The van der Waals surface area contributed by atoms with Gasteiger partial charge in [-0.05, 0) is 19.4 Å². The van der Waals surface area contributed by atoms with Crippen molar-refractivity contribution in [1.29, 1.82) is 5.41 Å². The molecule has 0 aromatic carbocycles. The molecule has 4 nitrogen and oxygen atoms in total. The van der Waals surface area contributed by atoms with Crippen LogP contribution in [0.15, 0.2) is 0 Å². The van der Waals surface area contributed by atoms with E-state index in [-0.39, 0.29) is 11.3 Å². The predicted octanol–water partition coefficient (Wildman–Crippen LogP) is 1.06. The molecule has 1 saturated heterocycles. The number of ether oxygens (including phenoxy) is 1. The highest BCUT2D eigenvalue weighted by Gasteiger charge is 2.26.